The highest BCUT2D eigenvalue weighted by Crippen LogP contribution is 2.26. The lowest BCUT2D eigenvalue weighted by molar-refractivity contribution is 0.0727. The number of carbonyl (C=O) groups excluding carboxylic acids is 1. The largest absolute Gasteiger partial charge is 0.488 e. The molecule has 1 heterocycles. The molecule has 152 valence electrons. The van der Waals surface area contributed by atoms with Crippen molar-refractivity contribution in [2.45, 2.75) is 13.0 Å². The monoisotopic (exact) mass is 404 g/mol. The van der Waals surface area contributed by atoms with Gasteiger partial charge < -0.3 is 14.8 Å². The number of benzene rings is 3. The van der Waals surface area contributed by atoms with E-state index in [9.17, 15) is 9.18 Å². The number of rotatable bonds is 6. The number of halogens is 1. The van der Waals surface area contributed by atoms with Crippen LogP contribution in [0.3, 0.4) is 0 Å². The van der Waals surface area contributed by atoms with E-state index in [-0.39, 0.29) is 18.3 Å². The predicted molar refractivity (Wildman–Crippen MR) is 112 cm³/mol. The van der Waals surface area contributed by atoms with E-state index in [1.807, 2.05) is 35.2 Å². The fourth-order valence-electron chi connectivity index (χ4n) is 3.59. The van der Waals surface area contributed by atoms with Crippen molar-refractivity contribution in [2.24, 2.45) is 5.16 Å². The Kier molecular flexibility index (Phi) is 5.75. The maximum absolute atomic E-state index is 13.1. The predicted octanol–water partition coefficient (Wildman–Crippen LogP) is 4.53. The molecule has 0 atom stereocenters. The third-order valence-electron chi connectivity index (χ3n) is 5.16. The van der Waals surface area contributed by atoms with Crippen molar-refractivity contribution < 1.29 is 19.1 Å². The molecule has 0 spiro atoms. The highest BCUT2D eigenvalue weighted by molar-refractivity contribution is 5.97. The molecule has 3 aromatic carbocycles. The van der Waals surface area contributed by atoms with Crippen LogP contribution in [0.15, 0.2) is 71.9 Å². The third kappa shape index (κ3) is 4.33. The lowest BCUT2D eigenvalue weighted by Gasteiger charge is -2.29. The topological polar surface area (TPSA) is 62.1 Å². The molecule has 1 N–H and O–H groups in total. The molecule has 0 fully saturated rings. The Morgan fingerprint density at radius 3 is 2.43 bits per heavy atom. The van der Waals surface area contributed by atoms with E-state index in [1.54, 1.807) is 24.3 Å². The van der Waals surface area contributed by atoms with Crippen LogP contribution in [0, 0.1) is 5.82 Å². The molecule has 0 saturated heterocycles. The van der Waals surface area contributed by atoms with Crippen LogP contribution in [-0.2, 0) is 13.0 Å². The van der Waals surface area contributed by atoms with E-state index in [0.29, 0.717) is 24.4 Å². The molecule has 1 amide bonds. The average molecular weight is 404 g/mol. The van der Waals surface area contributed by atoms with Crippen LogP contribution in [0.5, 0.6) is 5.75 Å². The van der Waals surface area contributed by atoms with Gasteiger partial charge in [-0.1, -0.05) is 41.6 Å². The van der Waals surface area contributed by atoms with E-state index in [1.165, 1.54) is 18.3 Å². The molecule has 0 saturated carbocycles. The van der Waals surface area contributed by atoms with Gasteiger partial charge in [-0.3, -0.25) is 4.79 Å². The molecule has 4 rings (SSSR count). The van der Waals surface area contributed by atoms with Gasteiger partial charge >= 0.3 is 0 Å². The van der Waals surface area contributed by atoms with E-state index < -0.39 is 0 Å². The Morgan fingerprint density at radius 1 is 1.03 bits per heavy atom. The highest BCUT2D eigenvalue weighted by Gasteiger charge is 2.24. The molecule has 1 aliphatic heterocycles. The summed E-state index contributed by atoms with van der Waals surface area (Å²) in [6.45, 7) is 1.34. The minimum atomic E-state index is -0.253. The molecule has 5 nitrogen and oxygen atoms in total. The zero-order chi connectivity index (χ0) is 20.9. The van der Waals surface area contributed by atoms with Crippen molar-refractivity contribution >= 4 is 12.1 Å². The zero-order valence-corrected chi connectivity index (χ0v) is 16.3. The molecular formula is C24H21FN2O3. The van der Waals surface area contributed by atoms with Gasteiger partial charge in [-0.2, -0.15) is 0 Å². The smallest absolute Gasteiger partial charge is 0.254 e. The van der Waals surface area contributed by atoms with Crippen LogP contribution in [0.1, 0.15) is 21.5 Å². The SMILES string of the molecule is O=C1c2ccc(OC/C=N/O)cc2CCN1Cc1ccc(-c2ccc(F)cc2)cc1. The van der Waals surface area contributed by atoms with Crippen molar-refractivity contribution in [1.82, 2.24) is 4.90 Å². The van der Waals surface area contributed by atoms with Gasteiger partial charge in [0.15, 0.2) is 0 Å². The molecule has 0 bridgehead atoms. The number of hydrogen-bond donors (Lipinski definition) is 1. The lowest BCUT2D eigenvalue weighted by atomic mass is 9.98. The molecule has 30 heavy (non-hydrogen) atoms. The van der Waals surface area contributed by atoms with Crippen molar-refractivity contribution in [1.29, 1.82) is 0 Å². The molecule has 0 radical (unpaired) electrons. The van der Waals surface area contributed by atoms with Crippen LogP contribution >= 0.6 is 0 Å². The first-order valence-electron chi connectivity index (χ1n) is 9.70. The van der Waals surface area contributed by atoms with E-state index >= 15 is 0 Å². The number of carbonyl (C=O) groups is 1. The number of amides is 1. The Labute approximate surface area is 174 Å². The summed E-state index contributed by atoms with van der Waals surface area (Å²) in [5, 5.41) is 11.3. The molecular weight excluding hydrogens is 383 g/mol. The van der Waals surface area contributed by atoms with Crippen molar-refractivity contribution in [2.75, 3.05) is 13.2 Å². The van der Waals surface area contributed by atoms with Gasteiger partial charge in [0.05, 0.1) is 6.21 Å². The van der Waals surface area contributed by atoms with Crippen LogP contribution < -0.4 is 4.74 Å². The molecule has 0 aromatic heterocycles. The second kappa shape index (κ2) is 8.78. The molecule has 1 aliphatic rings. The van der Waals surface area contributed by atoms with Gasteiger partial charge in [-0.05, 0) is 59.0 Å². The summed E-state index contributed by atoms with van der Waals surface area (Å²) in [5.41, 5.74) is 4.65. The highest BCUT2D eigenvalue weighted by atomic mass is 19.1. The minimum absolute atomic E-state index is 0.00216. The van der Waals surface area contributed by atoms with Crippen LogP contribution in [-0.4, -0.2) is 35.4 Å². The van der Waals surface area contributed by atoms with Crippen molar-refractivity contribution in [3.63, 3.8) is 0 Å². The summed E-state index contributed by atoms with van der Waals surface area (Å²) in [7, 11) is 0. The van der Waals surface area contributed by atoms with Gasteiger partial charge in [0.1, 0.15) is 18.2 Å². The molecule has 3 aromatic rings. The van der Waals surface area contributed by atoms with Crippen molar-refractivity contribution in [3.8, 4) is 16.9 Å². The van der Waals surface area contributed by atoms with Crippen molar-refractivity contribution in [3.05, 3.63) is 89.2 Å². The fraction of sp³-hybridized carbons (Fsp3) is 0.167. The van der Waals surface area contributed by atoms with Crippen LogP contribution in [0.2, 0.25) is 0 Å². The van der Waals surface area contributed by atoms with E-state index in [4.69, 9.17) is 9.94 Å². The summed E-state index contributed by atoms with van der Waals surface area (Å²) in [4.78, 5) is 14.7. The van der Waals surface area contributed by atoms with Gasteiger partial charge in [0, 0.05) is 18.7 Å². The second-order valence-electron chi connectivity index (χ2n) is 7.11. The quantitative estimate of drug-likeness (QED) is 0.373. The molecule has 0 unspecified atom stereocenters. The lowest BCUT2D eigenvalue weighted by Crippen LogP contribution is -2.37. The third-order valence-corrected chi connectivity index (χ3v) is 5.16. The summed E-state index contributed by atoms with van der Waals surface area (Å²) in [6.07, 6.45) is 2.01. The minimum Gasteiger partial charge on any atom is -0.488 e. The standard InChI is InChI=1S/C24H21FN2O3/c25-21-7-5-19(6-8-21)18-3-1-17(2-4-18)16-27-13-11-20-15-22(30-14-12-26-29)9-10-23(20)24(27)28/h1-10,12,15,29H,11,13-14,16H2/b26-12+. The maximum atomic E-state index is 13.1. The Balaban J connectivity index is 1.43. The summed E-state index contributed by atoms with van der Waals surface area (Å²) in [6, 6.07) is 19.8. The maximum Gasteiger partial charge on any atom is 0.254 e. The summed E-state index contributed by atoms with van der Waals surface area (Å²) < 4.78 is 18.6. The fourth-order valence-corrected chi connectivity index (χ4v) is 3.59. The number of ether oxygens (including phenoxy) is 1. The Bertz CT molecular complexity index is 1060. The van der Waals surface area contributed by atoms with Gasteiger partial charge in [0.2, 0.25) is 0 Å². The normalized spacial score (nSPS) is 13.5. The Morgan fingerprint density at radius 2 is 1.73 bits per heavy atom. The number of nitrogens with zero attached hydrogens (tertiary/aromatic N) is 2. The van der Waals surface area contributed by atoms with Gasteiger partial charge in [0.25, 0.3) is 5.91 Å². The molecule has 6 heteroatoms. The Hall–Kier alpha value is -3.67. The summed E-state index contributed by atoms with van der Waals surface area (Å²) in [5.74, 6) is 0.394. The van der Waals surface area contributed by atoms with E-state index in [2.05, 4.69) is 5.16 Å². The first kappa shape index (κ1) is 19.6. The second-order valence-corrected chi connectivity index (χ2v) is 7.11. The first-order valence-corrected chi connectivity index (χ1v) is 9.70. The average Bonchev–Trinajstić information content (AvgIpc) is 2.77. The molecule has 0 aliphatic carbocycles. The zero-order valence-electron chi connectivity index (χ0n) is 16.3. The number of oxime groups is 1. The summed E-state index contributed by atoms with van der Waals surface area (Å²) >= 11 is 0. The van der Waals surface area contributed by atoms with Gasteiger partial charge in [-0.25, -0.2) is 4.39 Å². The first-order chi connectivity index (χ1) is 14.6. The van der Waals surface area contributed by atoms with Crippen LogP contribution in [0.25, 0.3) is 11.1 Å². The van der Waals surface area contributed by atoms with E-state index in [0.717, 1.165) is 28.7 Å². The number of hydrogen-bond acceptors (Lipinski definition) is 4. The van der Waals surface area contributed by atoms with Gasteiger partial charge in [-0.15, -0.1) is 0 Å². The number of fused-ring (bicyclic) bond motifs is 1. The van der Waals surface area contributed by atoms with Crippen LogP contribution in [0.4, 0.5) is 4.39 Å².